The van der Waals surface area contributed by atoms with Crippen molar-refractivity contribution in [2.24, 2.45) is 0 Å². The first kappa shape index (κ1) is 17.6. The second-order valence-corrected chi connectivity index (χ2v) is 8.21. The molecule has 0 unspecified atom stereocenters. The van der Waals surface area contributed by atoms with E-state index in [1.165, 1.54) is 16.4 Å². The zero-order valence-electron chi connectivity index (χ0n) is 12.0. The van der Waals surface area contributed by atoms with Crippen LogP contribution in [0, 0.1) is 6.92 Å². The van der Waals surface area contributed by atoms with E-state index in [0.29, 0.717) is 10.7 Å². The lowest BCUT2D eigenvalue weighted by Gasteiger charge is -2.24. The molecule has 0 atom stereocenters. The van der Waals surface area contributed by atoms with Crippen molar-refractivity contribution < 1.29 is 8.42 Å². The smallest absolute Gasteiger partial charge is 0.265 e. The molecule has 0 fully saturated rings. The molecular weight excluding hydrogens is 409 g/mol. The van der Waals surface area contributed by atoms with E-state index in [0.717, 1.165) is 10.0 Å². The molecule has 0 saturated heterocycles. The molecule has 0 aromatic heterocycles. The Morgan fingerprint density at radius 3 is 2.41 bits per heavy atom. The standard InChI is InChI=1S/C15H14BrCl2NO2S/c1-3-19(12-5-6-13(16)10(2)8-12)22(20,21)15-9-11(17)4-7-14(15)18/h4-9H,3H2,1-2H3. The Kier molecular flexibility index (Phi) is 5.43. The van der Waals surface area contributed by atoms with Gasteiger partial charge in [0.25, 0.3) is 10.0 Å². The lowest BCUT2D eigenvalue weighted by atomic mass is 10.2. The third-order valence-electron chi connectivity index (χ3n) is 3.18. The lowest BCUT2D eigenvalue weighted by molar-refractivity contribution is 0.592. The minimum Gasteiger partial charge on any atom is -0.267 e. The third-order valence-corrected chi connectivity index (χ3v) is 6.69. The number of benzene rings is 2. The summed E-state index contributed by atoms with van der Waals surface area (Å²) in [6.07, 6.45) is 0. The summed E-state index contributed by atoms with van der Waals surface area (Å²) in [5, 5.41) is 0.475. The molecule has 0 aliphatic rings. The molecule has 0 aliphatic carbocycles. The largest absolute Gasteiger partial charge is 0.267 e. The Bertz CT molecular complexity index is 809. The molecule has 0 heterocycles. The van der Waals surface area contributed by atoms with Crippen LogP contribution in [0.25, 0.3) is 0 Å². The molecule has 118 valence electrons. The van der Waals surface area contributed by atoms with Crippen LogP contribution in [0.2, 0.25) is 10.0 Å². The van der Waals surface area contributed by atoms with Gasteiger partial charge < -0.3 is 0 Å². The van der Waals surface area contributed by atoms with E-state index in [1.54, 1.807) is 19.1 Å². The predicted molar refractivity (Wildman–Crippen MR) is 95.5 cm³/mol. The molecule has 0 bridgehead atoms. The maximum atomic E-state index is 12.9. The van der Waals surface area contributed by atoms with Crippen molar-refractivity contribution >= 4 is 54.8 Å². The summed E-state index contributed by atoms with van der Waals surface area (Å²) in [5.74, 6) is 0. The maximum absolute atomic E-state index is 12.9. The van der Waals surface area contributed by atoms with Crippen LogP contribution in [-0.2, 0) is 10.0 Å². The van der Waals surface area contributed by atoms with Crippen molar-refractivity contribution in [1.82, 2.24) is 0 Å². The zero-order valence-corrected chi connectivity index (χ0v) is 15.9. The number of nitrogens with zero attached hydrogens (tertiary/aromatic N) is 1. The molecule has 2 aromatic carbocycles. The first-order chi connectivity index (χ1) is 10.3. The first-order valence-electron chi connectivity index (χ1n) is 6.51. The van der Waals surface area contributed by atoms with Crippen molar-refractivity contribution in [3.8, 4) is 0 Å². The number of sulfonamides is 1. The molecule has 22 heavy (non-hydrogen) atoms. The van der Waals surface area contributed by atoms with Crippen molar-refractivity contribution in [2.75, 3.05) is 10.8 Å². The van der Waals surface area contributed by atoms with Crippen LogP contribution in [0.15, 0.2) is 45.8 Å². The van der Waals surface area contributed by atoms with Gasteiger partial charge in [0, 0.05) is 16.0 Å². The minimum atomic E-state index is -3.79. The fraction of sp³-hybridized carbons (Fsp3) is 0.200. The Balaban J connectivity index is 2.58. The van der Waals surface area contributed by atoms with Crippen LogP contribution in [-0.4, -0.2) is 15.0 Å². The van der Waals surface area contributed by atoms with E-state index in [1.807, 2.05) is 19.1 Å². The minimum absolute atomic E-state index is 0.00379. The molecule has 7 heteroatoms. The van der Waals surface area contributed by atoms with Gasteiger partial charge in [0.1, 0.15) is 4.90 Å². The monoisotopic (exact) mass is 421 g/mol. The Labute approximate surface area is 149 Å². The highest BCUT2D eigenvalue weighted by Crippen LogP contribution is 2.31. The number of anilines is 1. The number of aryl methyl sites for hydroxylation is 1. The molecular formula is C15H14BrCl2NO2S. The van der Waals surface area contributed by atoms with Crippen LogP contribution < -0.4 is 4.31 Å². The van der Waals surface area contributed by atoms with Crippen LogP contribution in [0.3, 0.4) is 0 Å². The molecule has 0 amide bonds. The quantitative estimate of drug-likeness (QED) is 0.671. The highest BCUT2D eigenvalue weighted by atomic mass is 79.9. The van der Waals surface area contributed by atoms with Crippen LogP contribution in [0.5, 0.6) is 0 Å². The molecule has 2 rings (SSSR count). The highest BCUT2D eigenvalue weighted by molar-refractivity contribution is 9.10. The Morgan fingerprint density at radius 2 is 1.82 bits per heavy atom. The van der Waals surface area contributed by atoms with Crippen molar-refractivity contribution in [3.63, 3.8) is 0 Å². The van der Waals surface area contributed by atoms with Crippen molar-refractivity contribution in [3.05, 3.63) is 56.5 Å². The van der Waals surface area contributed by atoms with Crippen molar-refractivity contribution in [1.29, 1.82) is 0 Å². The zero-order chi connectivity index (χ0) is 16.5. The summed E-state index contributed by atoms with van der Waals surface area (Å²) >= 11 is 15.4. The van der Waals surface area contributed by atoms with E-state index in [9.17, 15) is 8.42 Å². The van der Waals surface area contributed by atoms with Gasteiger partial charge in [-0.25, -0.2) is 8.42 Å². The number of rotatable bonds is 4. The summed E-state index contributed by atoms with van der Waals surface area (Å²) in [5.41, 5.74) is 1.53. The fourth-order valence-corrected chi connectivity index (χ4v) is 4.52. The topological polar surface area (TPSA) is 37.4 Å². The lowest BCUT2D eigenvalue weighted by Crippen LogP contribution is -2.31. The average Bonchev–Trinajstić information content (AvgIpc) is 2.45. The number of hydrogen-bond donors (Lipinski definition) is 0. The normalized spacial score (nSPS) is 11.5. The summed E-state index contributed by atoms with van der Waals surface area (Å²) in [4.78, 5) is 0.00379. The van der Waals surface area contributed by atoms with E-state index in [-0.39, 0.29) is 16.5 Å². The summed E-state index contributed by atoms with van der Waals surface area (Å²) in [6, 6.07) is 9.79. The van der Waals surface area contributed by atoms with Gasteiger partial charge in [0.15, 0.2) is 0 Å². The van der Waals surface area contributed by atoms with Gasteiger partial charge in [0.2, 0.25) is 0 Å². The summed E-state index contributed by atoms with van der Waals surface area (Å²) in [7, 11) is -3.79. The Morgan fingerprint density at radius 1 is 1.14 bits per heavy atom. The van der Waals surface area contributed by atoms with Gasteiger partial charge in [0.05, 0.1) is 10.7 Å². The maximum Gasteiger partial charge on any atom is 0.265 e. The molecule has 0 N–H and O–H groups in total. The van der Waals surface area contributed by atoms with E-state index < -0.39 is 10.0 Å². The molecule has 2 aromatic rings. The first-order valence-corrected chi connectivity index (χ1v) is 9.50. The number of halogens is 3. The van der Waals surface area contributed by atoms with Crippen LogP contribution >= 0.6 is 39.1 Å². The molecule has 0 aliphatic heterocycles. The summed E-state index contributed by atoms with van der Waals surface area (Å²) in [6.45, 7) is 3.96. The molecule has 0 spiro atoms. The fourth-order valence-electron chi connectivity index (χ4n) is 2.07. The van der Waals surface area contributed by atoms with E-state index >= 15 is 0 Å². The van der Waals surface area contributed by atoms with Gasteiger partial charge in [-0.1, -0.05) is 39.1 Å². The molecule has 0 radical (unpaired) electrons. The third kappa shape index (κ3) is 3.43. The highest BCUT2D eigenvalue weighted by Gasteiger charge is 2.26. The van der Waals surface area contributed by atoms with Crippen LogP contribution in [0.1, 0.15) is 12.5 Å². The second-order valence-electron chi connectivity index (χ2n) is 4.68. The van der Waals surface area contributed by atoms with Gasteiger partial charge >= 0.3 is 0 Å². The summed E-state index contributed by atoms with van der Waals surface area (Å²) < 4.78 is 28.0. The van der Waals surface area contributed by atoms with E-state index in [2.05, 4.69) is 15.9 Å². The van der Waals surface area contributed by atoms with Crippen LogP contribution in [0.4, 0.5) is 5.69 Å². The number of hydrogen-bond acceptors (Lipinski definition) is 2. The SMILES string of the molecule is CCN(c1ccc(Br)c(C)c1)S(=O)(=O)c1cc(Cl)ccc1Cl. The molecule has 3 nitrogen and oxygen atoms in total. The van der Waals surface area contributed by atoms with Gasteiger partial charge in [-0.3, -0.25) is 4.31 Å². The Hall–Kier alpha value is -0.750. The van der Waals surface area contributed by atoms with Gasteiger partial charge in [-0.05, 0) is 55.8 Å². The van der Waals surface area contributed by atoms with E-state index in [4.69, 9.17) is 23.2 Å². The predicted octanol–water partition coefficient (Wildman–Crippen LogP) is 5.28. The van der Waals surface area contributed by atoms with Crippen molar-refractivity contribution in [2.45, 2.75) is 18.7 Å². The molecule has 0 saturated carbocycles. The average molecular weight is 423 g/mol. The second kappa shape index (κ2) is 6.79. The van der Waals surface area contributed by atoms with Gasteiger partial charge in [-0.15, -0.1) is 0 Å². The van der Waals surface area contributed by atoms with Gasteiger partial charge in [-0.2, -0.15) is 0 Å².